The highest BCUT2D eigenvalue weighted by molar-refractivity contribution is 5.92. The fraction of sp³-hybridized carbons (Fsp3) is 0.375. The number of benzene rings is 2. The molecule has 1 heterocycles. The summed E-state index contributed by atoms with van der Waals surface area (Å²) in [5.74, 6) is 1.52. The molecule has 5 heteroatoms. The number of amides is 1. The molecule has 0 saturated heterocycles. The zero-order chi connectivity index (χ0) is 20.8. The highest BCUT2D eigenvalue weighted by atomic mass is 16.5. The standard InChI is InChI=1S/C24H30N2O3/c1-5-28-22-15-20-13-17(2)29-23(20)14-19(22)11-12-24(27)25-16-21(26(3)4)18-9-7-6-8-10-18/h6-12,14-15,17,21H,5,13,16H2,1-4H3,(H,25,27)/b12-11+. The largest absolute Gasteiger partial charge is 0.493 e. The predicted octanol–water partition coefficient (Wildman–Crippen LogP) is 3.84. The van der Waals surface area contributed by atoms with Crippen LogP contribution in [0.1, 0.15) is 36.6 Å². The van der Waals surface area contributed by atoms with Crippen LogP contribution >= 0.6 is 0 Å². The Hall–Kier alpha value is -2.79. The van der Waals surface area contributed by atoms with Gasteiger partial charge in [-0.25, -0.2) is 0 Å². The minimum absolute atomic E-state index is 0.113. The maximum absolute atomic E-state index is 12.4. The summed E-state index contributed by atoms with van der Waals surface area (Å²) < 4.78 is 11.6. The van der Waals surface area contributed by atoms with Crippen LogP contribution in [0.4, 0.5) is 0 Å². The zero-order valence-electron chi connectivity index (χ0n) is 17.6. The van der Waals surface area contributed by atoms with Gasteiger partial charge in [0.25, 0.3) is 0 Å². The van der Waals surface area contributed by atoms with Crippen LogP contribution in [-0.2, 0) is 11.2 Å². The number of hydrogen-bond acceptors (Lipinski definition) is 4. The van der Waals surface area contributed by atoms with Gasteiger partial charge in [0, 0.05) is 30.2 Å². The van der Waals surface area contributed by atoms with E-state index in [1.54, 1.807) is 12.2 Å². The molecule has 3 rings (SSSR count). The number of ether oxygens (including phenoxy) is 2. The first kappa shape index (κ1) is 20.9. The number of nitrogens with zero attached hydrogens (tertiary/aromatic N) is 1. The molecule has 154 valence electrons. The Bertz CT molecular complexity index is 862. The van der Waals surface area contributed by atoms with Gasteiger partial charge in [-0.05, 0) is 51.7 Å². The molecule has 5 nitrogen and oxygen atoms in total. The Balaban J connectivity index is 1.68. The van der Waals surface area contributed by atoms with E-state index in [0.717, 1.165) is 29.0 Å². The Morgan fingerprint density at radius 3 is 2.76 bits per heavy atom. The fourth-order valence-electron chi connectivity index (χ4n) is 3.56. The number of hydrogen-bond donors (Lipinski definition) is 1. The molecule has 2 aromatic carbocycles. The van der Waals surface area contributed by atoms with Crippen LogP contribution in [0.25, 0.3) is 6.08 Å². The maximum atomic E-state index is 12.4. The van der Waals surface area contributed by atoms with E-state index >= 15 is 0 Å². The average molecular weight is 395 g/mol. The second kappa shape index (κ2) is 9.61. The first-order valence-electron chi connectivity index (χ1n) is 10.1. The molecule has 0 fully saturated rings. The minimum Gasteiger partial charge on any atom is -0.493 e. The van der Waals surface area contributed by atoms with E-state index in [4.69, 9.17) is 9.47 Å². The predicted molar refractivity (Wildman–Crippen MR) is 116 cm³/mol. The first-order chi connectivity index (χ1) is 14.0. The van der Waals surface area contributed by atoms with Gasteiger partial charge in [-0.2, -0.15) is 0 Å². The highest BCUT2D eigenvalue weighted by Crippen LogP contribution is 2.35. The smallest absolute Gasteiger partial charge is 0.244 e. The molecule has 0 aliphatic carbocycles. The number of carbonyl (C=O) groups excluding carboxylic acids is 1. The Morgan fingerprint density at radius 2 is 2.07 bits per heavy atom. The molecule has 0 aromatic heterocycles. The van der Waals surface area contributed by atoms with Gasteiger partial charge in [-0.15, -0.1) is 0 Å². The van der Waals surface area contributed by atoms with Crippen molar-refractivity contribution in [1.29, 1.82) is 0 Å². The van der Waals surface area contributed by atoms with Gasteiger partial charge < -0.3 is 19.7 Å². The highest BCUT2D eigenvalue weighted by Gasteiger charge is 2.21. The lowest BCUT2D eigenvalue weighted by molar-refractivity contribution is -0.116. The molecule has 2 aromatic rings. The maximum Gasteiger partial charge on any atom is 0.244 e. The van der Waals surface area contributed by atoms with E-state index in [1.807, 2.05) is 51.4 Å². The third-order valence-electron chi connectivity index (χ3n) is 5.02. The SMILES string of the molecule is CCOc1cc2c(cc1/C=C/C(=O)NCC(c1ccccc1)N(C)C)OC(C)C2. The van der Waals surface area contributed by atoms with E-state index in [9.17, 15) is 4.79 Å². The van der Waals surface area contributed by atoms with Gasteiger partial charge in [-0.1, -0.05) is 30.3 Å². The van der Waals surface area contributed by atoms with Crippen LogP contribution in [0.5, 0.6) is 11.5 Å². The molecular weight excluding hydrogens is 364 g/mol. The van der Waals surface area contributed by atoms with Crippen molar-refractivity contribution in [3.05, 3.63) is 65.2 Å². The fourth-order valence-corrected chi connectivity index (χ4v) is 3.56. The number of carbonyl (C=O) groups is 1. The van der Waals surface area contributed by atoms with Crippen molar-refractivity contribution in [1.82, 2.24) is 10.2 Å². The van der Waals surface area contributed by atoms with Crippen molar-refractivity contribution < 1.29 is 14.3 Å². The quantitative estimate of drug-likeness (QED) is 0.691. The molecular formula is C24H30N2O3. The third kappa shape index (κ3) is 5.39. The zero-order valence-corrected chi connectivity index (χ0v) is 17.6. The number of nitrogens with one attached hydrogen (secondary N) is 1. The molecule has 1 aliphatic rings. The van der Waals surface area contributed by atoms with Crippen molar-refractivity contribution in [2.75, 3.05) is 27.2 Å². The minimum atomic E-state index is -0.134. The molecule has 2 unspecified atom stereocenters. The van der Waals surface area contributed by atoms with Gasteiger partial charge in [0.1, 0.15) is 17.6 Å². The van der Waals surface area contributed by atoms with E-state index in [1.165, 1.54) is 5.56 Å². The summed E-state index contributed by atoms with van der Waals surface area (Å²) in [7, 11) is 4.03. The van der Waals surface area contributed by atoms with E-state index in [0.29, 0.717) is 13.2 Å². The van der Waals surface area contributed by atoms with Crippen LogP contribution in [0.3, 0.4) is 0 Å². The van der Waals surface area contributed by atoms with Gasteiger partial charge in [0.05, 0.1) is 12.6 Å². The second-order valence-corrected chi connectivity index (χ2v) is 7.53. The normalized spacial score (nSPS) is 16.5. The molecule has 0 spiro atoms. The van der Waals surface area contributed by atoms with Crippen LogP contribution in [0, 0.1) is 0 Å². The Morgan fingerprint density at radius 1 is 1.31 bits per heavy atom. The third-order valence-corrected chi connectivity index (χ3v) is 5.02. The van der Waals surface area contributed by atoms with Crippen LogP contribution in [0.2, 0.25) is 0 Å². The molecule has 1 N–H and O–H groups in total. The topological polar surface area (TPSA) is 50.8 Å². The second-order valence-electron chi connectivity index (χ2n) is 7.53. The molecule has 0 radical (unpaired) electrons. The molecule has 2 atom stereocenters. The van der Waals surface area contributed by atoms with Crippen molar-refractivity contribution in [3.8, 4) is 11.5 Å². The van der Waals surface area contributed by atoms with Gasteiger partial charge in [0.2, 0.25) is 5.91 Å². The number of fused-ring (bicyclic) bond motifs is 1. The number of rotatable bonds is 8. The summed E-state index contributed by atoms with van der Waals surface area (Å²) in [6, 6.07) is 14.3. The lowest BCUT2D eigenvalue weighted by Gasteiger charge is -2.24. The molecule has 0 saturated carbocycles. The monoisotopic (exact) mass is 394 g/mol. The first-order valence-corrected chi connectivity index (χ1v) is 10.1. The van der Waals surface area contributed by atoms with Crippen molar-refractivity contribution in [2.24, 2.45) is 0 Å². The van der Waals surface area contributed by atoms with Gasteiger partial charge in [-0.3, -0.25) is 4.79 Å². The Labute approximate surface area is 173 Å². The Kier molecular flexibility index (Phi) is 6.94. The molecule has 29 heavy (non-hydrogen) atoms. The average Bonchev–Trinajstić information content (AvgIpc) is 3.06. The van der Waals surface area contributed by atoms with Crippen LogP contribution < -0.4 is 14.8 Å². The summed E-state index contributed by atoms with van der Waals surface area (Å²) in [4.78, 5) is 14.5. The van der Waals surface area contributed by atoms with Crippen LogP contribution in [0.15, 0.2) is 48.5 Å². The van der Waals surface area contributed by atoms with E-state index < -0.39 is 0 Å². The summed E-state index contributed by atoms with van der Waals surface area (Å²) in [5.41, 5.74) is 3.17. The number of likely N-dealkylation sites (N-methyl/N-ethyl adjacent to an activating group) is 1. The summed E-state index contributed by atoms with van der Waals surface area (Å²) in [5, 5.41) is 3.00. The molecule has 0 bridgehead atoms. The molecule has 1 amide bonds. The van der Waals surface area contributed by atoms with Crippen LogP contribution in [-0.4, -0.2) is 44.2 Å². The van der Waals surface area contributed by atoms with Crippen molar-refractivity contribution in [3.63, 3.8) is 0 Å². The lowest BCUT2D eigenvalue weighted by Crippen LogP contribution is -2.33. The van der Waals surface area contributed by atoms with Gasteiger partial charge in [0.15, 0.2) is 0 Å². The van der Waals surface area contributed by atoms with Gasteiger partial charge >= 0.3 is 0 Å². The van der Waals surface area contributed by atoms with Crippen molar-refractivity contribution >= 4 is 12.0 Å². The summed E-state index contributed by atoms with van der Waals surface area (Å²) >= 11 is 0. The van der Waals surface area contributed by atoms with Crippen molar-refractivity contribution in [2.45, 2.75) is 32.4 Å². The summed E-state index contributed by atoms with van der Waals surface area (Å²) in [6.45, 7) is 5.11. The summed E-state index contributed by atoms with van der Waals surface area (Å²) in [6.07, 6.45) is 4.40. The lowest BCUT2D eigenvalue weighted by atomic mass is 10.1. The van der Waals surface area contributed by atoms with E-state index in [-0.39, 0.29) is 18.1 Å². The van der Waals surface area contributed by atoms with E-state index in [2.05, 4.69) is 29.3 Å². The molecule has 1 aliphatic heterocycles.